The maximum absolute atomic E-state index is 4.82. The van der Waals surface area contributed by atoms with E-state index in [1.165, 1.54) is 5.56 Å². The number of halogens is 1. The Morgan fingerprint density at radius 3 is 2.27 bits per heavy atom. The molecule has 22 heavy (non-hydrogen) atoms. The zero-order chi connectivity index (χ0) is 14.9. The molecule has 0 aliphatic heterocycles. The van der Waals surface area contributed by atoms with Gasteiger partial charge in [0, 0.05) is 15.6 Å². The molecule has 4 aromatic rings. The van der Waals surface area contributed by atoms with Gasteiger partial charge in [0.15, 0.2) is 0 Å². The van der Waals surface area contributed by atoms with Crippen molar-refractivity contribution in [3.8, 4) is 22.5 Å². The molecule has 3 aromatic carbocycles. The van der Waals surface area contributed by atoms with Crippen LogP contribution in [-0.2, 0) is 0 Å². The van der Waals surface area contributed by atoms with Crippen molar-refractivity contribution in [3.63, 3.8) is 0 Å². The number of fused-ring (bicyclic) bond motifs is 1. The second-order valence-electron chi connectivity index (χ2n) is 5.16. The summed E-state index contributed by atoms with van der Waals surface area (Å²) >= 11 is 3.46. The molecule has 0 atom stereocenters. The summed E-state index contributed by atoms with van der Waals surface area (Å²) in [5.74, 6) is 0.894. The van der Waals surface area contributed by atoms with Crippen molar-refractivity contribution in [1.82, 2.24) is 9.97 Å². The molecule has 1 N–H and O–H groups in total. The van der Waals surface area contributed by atoms with Crippen molar-refractivity contribution in [1.29, 1.82) is 0 Å². The van der Waals surface area contributed by atoms with Gasteiger partial charge in [-0.25, -0.2) is 4.98 Å². The summed E-state index contributed by atoms with van der Waals surface area (Å²) in [6.45, 7) is 0. The Morgan fingerprint density at radius 1 is 0.727 bits per heavy atom. The number of hydrogen-bond acceptors (Lipinski definition) is 1. The van der Waals surface area contributed by atoms with Crippen molar-refractivity contribution >= 4 is 27.0 Å². The summed E-state index contributed by atoms with van der Waals surface area (Å²) in [4.78, 5) is 8.23. The highest BCUT2D eigenvalue weighted by molar-refractivity contribution is 9.10. The molecule has 1 heterocycles. The van der Waals surface area contributed by atoms with Gasteiger partial charge in [-0.2, -0.15) is 0 Å². The van der Waals surface area contributed by atoms with Gasteiger partial charge in [0.05, 0.1) is 11.0 Å². The third kappa shape index (κ3) is 2.34. The Morgan fingerprint density at radius 2 is 1.50 bits per heavy atom. The fourth-order valence-electron chi connectivity index (χ4n) is 2.63. The van der Waals surface area contributed by atoms with Crippen LogP contribution in [0.1, 0.15) is 0 Å². The first-order chi connectivity index (χ1) is 10.8. The first-order valence-corrected chi connectivity index (χ1v) is 7.91. The maximum atomic E-state index is 4.82. The lowest BCUT2D eigenvalue weighted by atomic mass is 10.0. The zero-order valence-corrected chi connectivity index (χ0v) is 13.3. The molecule has 0 radical (unpaired) electrons. The number of aromatic amines is 1. The standard InChI is InChI=1S/C19H13BrN2/c20-15-11-9-14(10-12-15)19-21-17-8-4-7-16(18(17)22-19)13-5-2-1-3-6-13/h1-12H,(H,21,22). The van der Waals surface area contributed by atoms with Crippen LogP contribution in [0.5, 0.6) is 0 Å². The molecular weight excluding hydrogens is 336 g/mol. The minimum absolute atomic E-state index is 0.894. The topological polar surface area (TPSA) is 28.7 Å². The van der Waals surface area contributed by atoms with Crippen LogP contribution in [0.2, 0.25) is 0 Å². The largest absolute Gasteiger partial charge is 0.338 e. The van der Waals surface area contributed by atoms with Crippen LogP contribution < -0.4 is 0 Å². The lowest BCUT2D eigenvalue weighted by molar-refractivity contribution is 1.33. The van der Waals surface area contributed by atoms with Gasteiger partial charge in [-0.05, 0) is 23.8 Å². The highest BCUT2D eigenvalue weighted by atomic mass is 79.9. The first kappa shape index (κ1) is 13.3. The SMILES string of the molecule is Brc1ccc(-c2nc3c(-c4ccccc4)cccc3[nH]2)cc1. The minimum atomic E-state index is 0.894. The predicted octanol–water partition coefficient (Wildman–Crippen LogP) is 5.66. The molecule has 3 heteroatoms. The third-order valence-electron chi connectivity index (χ3n) is 3.72. The number of H-pyrrole nitrogens is 1. The Labute approximate surface area is 137 Å². The number of aromatic nitrogens is 2. The van der Waals surface area contributed by atoms with E-state index in [0.29, 0.717) is 0 Å². The molecule has 1 aromatic heterocycles. The number of nitrogens with one attached hydrogen (secondary N) is 1. The second-order valence-corrected chi connectivity index (χ2v) is 6.08. The molecular formula is C19H13BrN2. The summed E-state index contributed by atoms with van der Waals surface area (Å²) in [7, 11) is 0. The molecule has 0 saturated heterocycles. The van der Waals surface area contributed by atoms with Gasteiger partial charge < -0.3 is 4.98 Å². The molecule has 0 bridgehead atoms. The number of para-hydroxylation sites is 1. The molecule has 0 unspecified atom stereocenters. The van der Waals surface area contributed by atoms with E-state index in [-0.39, 0.29) is 0 Å². The van der Waals surface area contributed by atoms with Crippen molar-refractivity contribution in [2.24, 2.45) is 0 Å². The predicted molar refractivity (Wildman–Crippen MR) is 94.7 cm³/mol. The number of rotatable bonds is 2. The van der Waals surface area contributed by atoms with Gasteiger partial charge >= 0.3 is 0 Å². The minimum Gasteiger partial charge on any atom is -0.338 e. The number of imidazole rings is 1. The van der Waals surface area contributed by atoms with Crippen molar-refractivity contribution < 1.29 is 0 Å². The molecule has 0 aliphatic carbocycles. The van der Waals surface area contributed by atoms with Crippen LogP contribution in [0.3, 0.4) is 0 Å². The normalized spacial score (nSPS) is 11.0. The summed E-state index contributed by atoms with van der Waals surface area (Å²) in [5.41, 5.74) is 5.48. The van der Waals surface area contributed by atoms with Crippen LogP contribution in [0.4, 0.5) is 0 Å². The lowest BCUT2D eigenvalue weighted by Crippen LogP contribution is -1.80. The zero-order valence-electron chi connectivity index (χ0n) is 11.8. The first-order valence-electron chi connectivity index (χ1n) is 7.11. The Hall–Kier alpha value is -2.39. The Kier molecular flexibility index (Phi) is 3.28. The van der Waals surface area contributed by atoms with Crippen LogP contribution in [0, 0.1) is 0 Å². The number of benzene rings is 3. The molecule has 0 amide bonds. The summed E-state index contributed by atoms with van der Waals surface area (Å²) in [6, 6.07) is 24.8. The quantitative estimate of drug-likeness (QED) is 0.497. The van der Waals surface area contributed by atoms with Gasteiger partial charge in [0.2, 0.25) is 0 Å². The fourth-order valence-corrected chi connectivity index (χ4v) is 2.89. The lowest BCUT2D eigenvalue weighted by Gasteiger charge is -2.01. The summed E-state index contributed by atoms with van der Waals surface area (Å²) < 4.78 is 1.07. The van der Waals surface area contributed by atoms with Gasteiger partial charge in [0.1, 0.15) is 5.82 Å². The monoisotopic (exact) mass is 348 g/mol. The van der Waals surface area contributed by atoms with Gasteiger partial charge in [-0.3, -0.25) is 0 Å². The highest BCUT2D eigenvalue weighted by Crippen LogP contribution is 2.29. The van der Waals surface area contributed by atoms with Crippen LogP contribution in [0.25, 0.3) is 33.5 Å². The second kappa shape index (κ2) is 5.43. The van der Waals surface area contributed by atoms with Gasteiger partial charge in [0.25, 0.3) is 0 Å². The van der Waals surface area contributed by atoms with Gasteiger partial charge in [-0.15, -0.1) is 0 Å². The molecule has 0 spiro atoms. The van der Waals surface area contributed by atoms with E-state index in [0.717, 1.165) is 32.5 Å². The van der Waals surface area contributed by atoms with E-state index in [1.807, 2.05) is 18.2 Å². The number of nitrogens with zero attached hydrogens (tertiary/aromatic N) is 1. The van der Waals surface area contributed by atoms with E-state index in [9.17, 15) is 0 Å². The summed E-state index contributed by atoms with van der Waals surface area (Å²) in [5, 5.41) is 0. The van der Waals surface area contributed by atoms with Crippen molar-refractivity contribution in [2.45, 2.75) is 0 Å². The van der Waals surface area contributed by atoms with Crippen LogP contribution in [0.15, 0.2) is 77.3 Å². The molecule has 106 valence electrons. The smallest absolute Gasteiger partial charge is 0.138 e. The van der Waals surface area contributed by atoms with Crippen molar-refractivity contribution in [2.75, 3.05) is 0 Å². The highest BCUT2D eigenvalue weighted by Gasteiger charge is 2.10. The van der Waals surface area contributed by atoms with E-state index in [1.54, 1.807) is 0 Å². The molecule has 0 aliphatic rings. The average molecular weight is 349 g/mol. The van der Waals surface area contributed by atoms with E-state index >= 15 is 0 Å². The molecule has 0 fully saturated rings. The number of hydrogen-bond donors (Lipinski definition) is 1. The molecule has 2 nitrogen and oxygen atoms in total. The molecule has 0 saturated carbocycles. The van der Waals surface area contributed by atoms with Crippen molar-refractivity contribution in [3.05, 3.63) is 77.3 Å². The van der Waals surface area contributed by atoms with E-state index < -0.39 is 0 Å². The van der Waals surface area contributed by atoms with E-state index in [4.69, 9.17) is 4.98 Å². The fraction of sp³-hybridized carbons (Fsp3) is 0. The van der Waals surface area contributed by atoms with E-state index in [2.05, 4.69) is 75.5 Å². The average Bonchev–Trinajstić information content (AvgIpc) is 3.00. The third-order valence-corrected chi connectivity index (χ3v) is 4.24. The Bertz CT molecular complexity index is 925. The maximum Gasteiger partial charge on any atom is 0.138 e. The van der Waals surface area contributed by atoms with Gasteiger partial charge in [-0.1, -0.05) is 70.5 Å². The van der Waals surface area contributed by atoms with Crippen LogP contribution in [-0.4, -0.2) is 9.97 Å². The van der Waals surface area contributed by atoms with Crippen LogP contribution >= 0.6 is 15.9 Å². The molecule has 4 rings (SSSR count). The Balaban J connectivity index is 1.89. The summed E-state index contributed by atoms with van der Waals surface area (Å²) in [6.07, 6.45) is 0.